The quantitative estimate of drug-likeness (QED) is 0.904. The molecule has 1 atom stereocenters. The minimum absolute atomic E-state index is 0.462. The van der Waals surface area contributed by atoms with Crippen LogP contribution < -0.4 is 19.9 Å². The van der Waals surface area contributed by atoms with Gasteiger partial charge in [0.25, 0.3) is 0 Å². The zero-order valence-corrected chi connectivity index (χ0v) is 13.1. The minimum Gasteiger partial charge on any atom is -0.493 e. The second kappa shape index (κ2) is 6.19. The first-order valence-corrected chi connectivity index (χ1v) is 6.71. The Hall–Kier alpha value is -1.66. The van der Waals surface area contributed by atoms with Gasteiger partial charge in [-0.1, -0.05) is 0 Å². The van der Waals surface area contributed by atoms with E-state index in [4.69, 9.17) is 24.4 Å². The molecule has 20 heavy (non-hydrogen) atoms. The van der Waals surface area contributed by atoms with Crippen molar-refractivity contribution in [1.82, 2.24) is 0 Å². The maximum absolute atomic E-state index is 6.23. The first kappa shape index (κ1) is 14.7. The van der Waals surface area contributed by atoms with E-state index in [1.54, 1.807) is 33.5 Å². The lowest BCUT2D eigenvalue weighted by Gasteiger charge is -2.18. The molecule has 6 heteroatoms. The van der Waals surface area contributed by atoms with Crippen LogP contribution in [0.3, 0.4) is 0 Å². The average Bonchev–Trinajstić information content (AvgIpc) is 2.91. The lowest BCUT2D eigenvalue weighted by atomic mass is 10.0. The Bertz CT molecular complexity index is 597. The van der Waals surface area contributed by atoms with Gasteiger partial charge in [0.05, 0.1) is 27.4 Å². The van der Waals surface area contributed by atoms with Crippen LogP contribution in [0.1, 0.15) is 17.4 Å². The number of hydrogen-bond donors (Lipinski definition) is 1. The second-order valence-electron chi connectivity index (χ2n) is 4.04. The molecule has 2 rings (SSSR count). The predicted octanol–water partition coefficient (Wildman–Crippen LogP) is 3.12. The Balaban J connectivity index is 2.51. The summed E-state index contributed by atoms with van der Waals surface area (Å²) in [6.07, 6.45) is 0. The highest BCUT2D eigenvalue weighted by atomic mass is 79.9. The highest BCUT2D eigenvalue weighted by molar-refractivity contribution is 9.10. The molecular formula is C14H16BrNO4. The summed E-state index contributed by atoms with van der Waals surface area (Å²) in [5.74, 6) is 2.25. The number of nitrogens with two attached hydrogens (primary N) is 1. The van der Waals surface area contributed by atoms with Gasteiger partial charge in [-0.3, -0.25) is 0 Å². The Kier molecular flexibility index (Phi) is 4.57. The van der Waals surface area contributed by atoms with Crippen LogP contribution in [0.4, 0.5) is 0 Å². The molecular weight excluding hydrogens is 326 g/mol. The lowest BCUT2D eigenvalue weighted by molar-refractivity contribution is 0.320. The smallest absolute Gasteiger partial charge is 0.203 e. The van der Waals surface area contributed by atoms with Crippen LogP contribution >= 0.6 is 15.9 Å². The maximum Gasteiger partial charge on any atom is 0.203 e. The molecule has 0 saturated carbocycles. The number of hydrogen-bond acceptors (Lipinski definition) is 5. The molecule has 0 amide bonds. The zero-order chi connectivity index (χ0) is 14.7. The summed E-state index contributed by atoms with van der Waals surface area (Å²) in [7, 11) is 4.69. The number of benzene rings is 1. The zero-order valence-electron chi connectivity index (χ0n) is 11.5. The predicted molar refractivity (Wildman–Crippen MR) is 78.5 cm³/mol. The van der Waals surface area contributed by atoms with Gasteiger partial charge in [0.1, 0.15) is 5.76 Å². The maximum atomic E-state index is 6.23. The van der Waals surface area contributed by atoms with Gasteiger partial charge < -0.3 is 24.4 Å². The van der Waals surface area contributed by atoms with Crippen LogP contribution in [-0.2, 0) is 0 Å². The Morgan fingerprint density at radius 2 is 1.70 bits per heavy atom. The van der Waals surface area contributed by atoms with Crippen LogP contribution in [-0.4, -0.2) is 21.3 Å². The molecule has 0 bridgehead atoms. The highest BCUT2D eigenvalue weighted by Gasteiger charge is 2.22. The standard InChI is InChI=1S/C14H16BrNO4/c1-17-10-5-4-8(13(18-2)14(10)19-3)12(16)9-6-7-11(15)20-9/h4-7,12H,16H2,1-3H3. The monoisotopic (exact) mass is 341 g/mol. The topological polar surface area (TPSA) is 66.9 Å². The third-order valence-corrected chi connectivity index (χ3v) is 3.40. The van der Waals surface area contributed by atoms with E-state index in [0.29, 0.717) is 27.7 Å². The Morgan fingerprint density at radius 3 is 2.20 bits per heavy atom. The number of furan rings is 1. The largest absolute Gasteiger partial charge is 0.493 e. The number of methoxy groups -OCH3 is 3. The Labute approximate surface area is 125 Å². The van der Waals surface area contributed by atoms with Crippen LogP contribution in [0.2, 0.25) is 0 Å². The van der Waals surface area contributed by atoms with Crippen molar-refractivity contribution in [3.05, 3.63) is 40.3 Å². The molecule has 0 spiro atoms. The molecule has 0 aliphatic rings. The van der Waals surface area contributed by atoms with Crippen molar-refractivity contribution in [2.24, 2.45) is 5.73 Å². The van der Waals surface area contributed by atoms with Crippen molar-refractivity contribution >= 4 is 15.9 Å². The van der Waals surface area contributed by atoms with Crippen molar-refractivity contribution in [3.63, 3.8) is 0 Å². The molecule has 1 unspecified atom stereocenters. The van der Waals surface area contributed by atoms with Gasteiger partial charge in [0, 0.05) is 5.56 Å². The van der Waals surface area contributed by atoms with Crippen LogP contribution in [0.25, 0.3) is 0 Å². The van der Waals surface area contributed by atoms with Crippen LogP contribution in [0, 0.1) is 0 Å². The van der Waals surface area contributed by atoms with E-state index in [-0.39, 0.29) is 0 Å². The molecule has 0 fully saturated rings. The van der Waals surface area contributed by atoms with Gasteiger partial charge in [-0.2, -0.15) is 0 Å². The molecule has 1 aromatic carbocycles. The third-order valence-electron chi connectivity index (χ3n) is 2.97. The van der Waals surface area contributed by atoms with E-state index >= 15 is 0 Å². The molecule has 0 aliphatic carbocycles. The second-order valence-corrected chi connectivity index (χ2v) is 4.82. The first-order chi connectivity index (χ1) is 9.62. The normalized spacial score (nSPS) is 12.1. The van der Waals surface area contributed by atoms with E-state index < -0.39 is 6.04 Å². The molecule has 1 heterocycles. The fourth-order valence-electron chi connectivity index (χ4n) is 2.02. The third kappa shape index (κ3) is 2.62. The summed E-state index contributed by atoms with van der Waals surface area (Å²) in [4.78, 5) is 0. The Morgan fingerprint density at radius 1 is 1.00 bits per heavy atom. The highest BCUT2D eigenvalue weighted by Crippen LogP contribution is 2.43. The van der Waals surface area contributed by atoms with Gasteiger partial charge in [-0.25, -0.2) is 0 Å². The van der Waals surface area contributed by atoms with Crippen molar-refractivity contribution in [2.75, 3.05) is 21.3 Å². The van der Waals surface area contributed by atoms with Crippen molar-refractivity contribution in [1.29, 1.82) is 0 Å². The minimum atomic E-state index is -0.462. The molecule has 5 nitrogen and oxygen atoms in total. The summed E-state index contributed by atoms with van der Waals surface area (Å²) in [6.45, 7) is 0. The number of rotatable bonds is 5. The summed E-state index contributed by atoms with van der Waals surface area (Å²) in [5, 5.41) is 0. The van der Waals surface area contributed by atoms with Crippen molar-refractivity contribution in [3.8, 4) is 17.2 Å². The van der Waals surface area contributed by atoms with Gasteiger partial charge in [-0.15, -0.1) is 0 Å². The van der Waals surface area contributed by atoms with Gasteiger partial charge in [-0.05, 0) is 40.2 Å². The number of halogens is 1. The fraction of sp³-hybridized carbons (Fsp3) is 0.286. The van der Waals surface area contributed by atoms with E-state index in [0.717, 1.165) is 5.56 Å². The van der Waals surface area contributed by atoms with E-state index in [9.17, 15) is 0 Å². The molecule has 1 aromatic heterocycles. The molecule has 0 radical (unpaired) electrons. The van der Waals surface area contributed by atoms with Gasteiger partial charge >= 0.3 is 0 Å². The molecule has 0 saturated heterocycles. The molecule has 2 aromatic rings. The van der Waals surface area contributed by atoms with Crippen LogP contribution in [0.5, 0.6) is 17.2 Å². The summed E-state index contributed by atoms with van der Waals surface area (Å²) in [5.41, 5.74) is 6.99. The average molecular weight is 342 g/mol. The SMILES string of the molecule is COc1ccc(C(N)c2ccc(Br)o2)c(OC)c1OC. The number of ether oxygens (including phenoxy) is 3. The van der Waals surface area contributed by atoms with E-state index in [2.05, 4.69) is 15.9 Å². The van der Waals surface area contributed by atoms with Crippen LogP contribution in [0.15, 0.2) is 33.4 Å². The van der Waals surface area contributed by atoms with Gasteiger partial charge in [0.15, 0.2) is 16.2 Å². The molecule has 108 valence electrons. The summed E-state index contributed by atoms with van der Waals surface area (Å²) in [6, 6.07) is 6.76. The van der Waals surface area contributed by atoms with Crippen molar-refractivity contribution < 1.29 is 18.6 Å². The van der Waals surface area contributed by atoms with E-state index in [1.165, 1.54) is 0 Å². The molecule has 2 N–H and O–H groups in total. The van der Waals surface area contributed by atoms with Gasteiger partial charge in [0.2, 0.25) is 5.75 Å². The first-order valence-electron chi connectivity index (χ1n) is 5.92. The molecule has 0 aliphatic heterocycles. The fourth-order valence-corrected chi connectivity index (χ4v) is 2.34. The van der Waals surface area contributed by atoms with Crippen molar-refractivity contribution in [2.45, 2.75) is 6.04 Å². The lowest BCUT2D eigenvalue weighted by Crippen LogP contribution is -2.13. The van der Waals surface area contributed by atoms with E-state index in [1.807, 2.05) is 12.1 Å². The summed E-state index contributed by atoms with van der Waals surface area (Å²) < 4.78 is 22.1. The summed E-state index contributed by atoms with van der Waals surface area (Å²) >= 11 is 3.26.